The van der Waals surface area contributed by atoms with Gasteiger partial charge in [0.25, 0.3) is 11.2 Å². The molecule has 1 aromatic rings. The number of pyridine rings is 1. The number of carbonyl (C=O) groups excluding carboxylic acids is 1. The fraction of sp³-hybridized carbons (Fsp3) is 0.273. The second-order valence-corrected chi connectivity index (χ2v) is 4.21. The van der Waals surface area contributed by atoms with Gasteiger partial charge in [-0.15, -0.1) is 0 Å². The topological polar surface area (TPSA) is 87.3 Å². The highest BCUT2D eigenvalue weighted by molar-refractivity contribution is 7.99. The van der Waals surface area contributed by atoms with Crippen LogP contribution in [0.1, 0.15) is 11.1 Å². The van der Waals surface area contributed by atoms with Crippen LogP contribution in [-0.2, 0) is 9.53 Å². The zero-order chi connectivity index (χ0) is 13.7. The number of nitrogens with one attached hydrogen (secondary N) is 1. The van der Waals surface area contributed by atoms with E-state index < -0.39 is 11.5 Å². The van der Waals surface area contributed by atoms with Crippen LogP contribution in [0, 0.1) is 24.8 Å². The number of nitriles is 1. The van der Waals surface area contributed by atoms with E-state index in [4.69, 9.17) is 11.8 Å². The summed E-state index contributed by atoms with van der Waals surface area (Å²) in [5.41, 5.74) is -0.138. The molecule has 0 aromatic carbocycles. The molecule has 0 unspecified atom stereocenters. The van der Waals surface area contributed by atoms with Crippen molar-refractivity contribution in [2.45, 2.75) is 11.9 Å². The summed E-state index contributed by atoms with van der Waals surface area (Å²) in [4.78, 5) is 28.1. The molecule has 6 nitrogen and oxygen atoms in total. The van der Waals surface area contributed by atoms with E-state index in [0.717, 1.165) is 11.8 Å². The molecule has 0 aliphatic carbocycles. The zero-order valence-electron chi connectivity index (χ0n) is 9.73. The van der Waals surface area contributed by atoms with E-state index in [-0.39, 0.29) is 22.0 Å². The number of carbonyl (C=O) groups is 1. The van der Waals surface area contributed by atoms with Gasteiger partial charge in [-0.25, -0.2) is 4.85 Å². The van der Waals surface area contributed by atoms with Gasteiger partial charge in [-0.3, -0.25) is 9.59 Å². The molecule has 0 amide bonds. The lowest BCUT2D eigenvalue weighted by atomic mass is 10.1. The van der Waals surface area contributed by atoms with Gasteiger partial charge in [0.15, 0.2) is 0 Å². The molecule has 1 rings (SSSR count). The number of H-pyrrole nitrogens is 1. The van der Waals surface area contributed by atoms with Crippen molar-refractivity contribution in [3.05, 3.63) is 32.9 Å². The number of ether oxygens (including phenoxy) is 1. The van der Waals surface area contributed by atoms with Gasteiger partial charge in [0.1, 0.15) is 6.07 Å². The monoisotopic (exact) mass is 263 g/mol. The van der Waals surface area contributed by atoms with Crippen molar-refractivity contribution in [2.75, 3.05) is 12.9 Å². The van der Waals surface area contributed by atoms with Gasteiger partial charge in [0, 0.05) is 0 Å². The molecule has 0 saturated heterocycles. The molecule has 0 radical (unpaired) electrons. The summed E-state index contributed by atoms with van der Waals surface area (Å²) in [5.74, 6) is -0.477. The molecule has 92 valence electrons. The van der Waals surface area contributed by atoms with E-state index in [1.165, 1.54) is 14.0 Å². The maximum absolute atomic E-state index is 11.6. The van der Waals surface area contributed by atoms with Crippen molar-refractivity contribution >= 4 is 23.4 Å². The van der Waals surface area contributed by atoms with Gasteiger partial charge in [0.05, 0.1) is 30.0 Å². The average molecular weight is 263 g/mol. The van der Waals surface area contributed by atoms with Crippen molar-refractivity contribution in [3.63, 3.8) is 0 Å². The third-order valence-electron chi connectivity index (χ3n) is 2.19. The second kappa shape index (κ2) is 5.89. The third-order valence-corrected chi connectivity index (χ3v) is 3.16. The Morgan fingerprint density at radius 1 is 1.67 bits per heavy atom. The zero-order valence-corrected chi connectivity index (χ0v) is 10.6. The number of methoxy groups -OCH3 is 1. The van der Waals surface area contributed by atoms with E-state index in [2.05, 4.69) is 14.6 Å². The Morgan fingerprint density at radius 2 is 2.33 bits per heavy atom. The van der Waals surface area contributed by atoms with Crippen molar-refractivity contribution < 1.29 is 9.53 Å². The number of hydrogen-bond acceptors (Lipinski definition) is 5. The lowest BCUT2D eigenvalue weighted by molar-refractivity contribution is -0.137. The third kappa shape index (κ3) is 2.70. The average Bonchev–Trinajstić information content (AvgIpc) is 2.36. The Kier molecular flexibility index (Phi) is 4.52. The van der Waals surface area contributed by atoms with Crippen LogP contribution in [0.2, 0.25) is 0 Å². The van der Waals surface area contributed by atoms with Gasteiger partial charge >= 0.3 is 5.97 Å². The normalized spacial score (nSPS) is 9.33. The van der Waals surface area contributed by atoms with Gasteiger partial charge in [0.2, 0.25) is 0 Å². The minimum absolute atomic E-state index is 0.0159. The highest BCUT2D eigenvalue weighted by atomic mass is 32.2. The SMILES string of the molecule is [C-]#[N+]c1c(C)c(C#N)c(SCC(=O)OC)[nH]c1=O. The number of hydrogen-bond donors (Lipinski definition) is 1. The molecule has 18 heavy (non-hydrogen) atoms. The first-order chi connectivity index (χ1) is 8.54. The minimum Gasteiger partial charge on any atom is -0.468 e. The van der Waals surface area contributed by atoms with Crippen molar-refractivity contribution in [2.24, 2.45) is 0 Å². The molecule has 0 aliphatic heterocycles. The molecule has 0 saturated carbocycles. The number of thioether (sulfide) groups is 1. The molecule has 0 spiro atoms. The number of nitrogens with zero attached hydrogens (tertiary/aromatic N) is 2. The van der Waals surface area contributed by atoms with E-state index in [0.29, 0.717) is 5.56 Å². The standard InChI is InChI=1S/C11H9N3O3S/c1-6-7(4-12)11(18-5-8(15)17-3)14-10(16)9(6)13-2/h5H2,1,3H3,(H,14,16). The molecule has 0 fully saturated rings. The Balaban J connectivity index is 3.23. The van der Waals surface area contributed by atoms with Gasteiger partial charge in [-0.1, -0.05) is 11.8 Å². The van der Waals surface area contributed by atoms with Crippen molar-refractivity contribution in [1.82, 2.24) is 4.98 Å². The van der Waals surface area contributed by atoms with E-state index in [9.17, 15) is 9.59 Å². The van der Waals surface area contributed by atoms with Gasteiger partial charge < -0.3 is 9.72 Å². The van der Waals surface area contributed by atoms with Crippen LogP contribution in [0.4, 0.5) is 5.69 Å². The number of rotatable bonds is 3. The molecule has 0 aliphatic rings. The van der Waals surface area contributed by atoms with Crippen LogP contribution < -0.4 is 5.56 Å². The quantitative estimate of drug-likeness (QED) is 0.505. The van der Waals surface area contributed by atoms with Gasteiger partial charge in [-0.05, 0) is 12.5 Å². The Bertz CT molecular complexity index is 622. The van der Waals surface area contributed by atoms with Crippen LogP contribution >= 0.6 is 11.8 Å². The summed E-state index contributed by atoms with van der Waals surface area (Å²) in [6.07, 6.45) is 0. The van der Waals surface area contributed by atoms with E-state index in [1.54, 1.807) is 0 Å². The van der Waals surface area contributed by atoms with Crippen LogP contribution in [0.3, 0.4) is 0 Å². The summed E-state index contributed by atoms with van der Waals surface area (Å²) >= 11 is 0.996. The molecular weight excluding hydrogens is 254 g/mol. The summed E-state index contributed by atoms with van der Waals surface area (Å²) in [6, 6.07) is 1.92. The fourth-order valence-corrected chi connectivity index (χ4v) is 2.14. The second-order valence-electron chi connectivity index (χ2n) is 3.22. The molecule has 1 N–H and O–H groups in total. The molecule has 7 heteroatoms. The number of esters is 1. The predicted molar refractivity (Wildman–Crippen MR) is 65.5 cm³/mol. The molecule has 0 bridgehead atoms. The van der Waals surface area contributed by atoms with Crippen LogP contribution in [0.5, 0.6) is 0 Å². The largest absolute Gasteiger partial charge is 0.468 e. The van der Waals surface area contributed by atoms with Crippen LogP contribution in [0.15, 0.2) is 9.82 Å². The van der Waals surface area contributed by atoms with Crippen LogP contribution in [0.25, 0.3) is 4.85 Å². The van der Waals surface area contributed by atoms with Crippen molar-refractivity contribution in [1.29, 1.82) is 5.26 Å². The highest BCUT2D eigenvalue weighted by Gasteiger charge is 2.15. The Hall–Kier alpha value is -2.25. The Morgan fingerprint density at radius 3 is 2.83 bits per heavy atom. The lowest BCUT2D eigenvalue weighted by Gasteiger charge is -2.06. The predicted octanol–water partition coefficient (Wildman–Crippen LogP) is 1.37. The van der Waals surface area contributed by atoms with E-state index in [1.807, 2.05) is 6.07 Å². The maximum atomic E-state index is 11.6. The first-order valence-corrected chi connectivity index (χ1v) is 5.77. The number of aromatic nitrogens is 1. The first kappa shape index (κ1) is 13.8. The molecule has 1 aromatic heterocycles. The maximum Gasteiger partial charge on any atom is 0.316 e. The smallest absolute Gasteiger partial charge is 0.316 e. The van der Waals surface area contributed by atoms with Crippen molar-refractivity contribution in [3.8, 4) is 6.07 Å². The Labute approximate surface area is 107 Å². The fourth-order valence-electron chi connectivity index (χ4n) is 1.25. The molecule has 0 atom stereocenters. The number of aromatic amines is 1. The first-order valence-electron chi connectivity index (χ1n) is 4.79. The molecule has 1 heterocycles. The van der Waals surface area contributed by atoms with Crippen LogP contribution in [-0.4, -0.2) is 23.8 Å². The summed E-state index contributed by atoms with van der Waals surface area (Å²) in [5, 5.41) is 9.30. The van der Waals surface area contributed by atoms with E-state index >= 15 is 0 Å². The summed E-state index contributed by atoms with van der Waals surface area (Å²) < 4.78 is 4.47. The summed E-state index contributed by atoms with van der Waals surface area (Å²) in [7, 11) is 1.25. The highest BCUT2D eigenvalue weighted by Crippen LogP contribution is 2.25. The summed E-state index contributed by atoms with van der Waals surface area (Å²) in [6.45, 7) is 8.41. The lowest BCUT2D eigenvalue weighted by Crippen LogP contribution is -2.11. The minimum atomic E-state index is -0.561. The van der Waals surface area contributed by atoms with Gasteiger partial charge in [-0.2, -0.15) is 5.26 Å². The molecular formula is C11H9N3O3S.